The molecule has 0 saturated heterocycles. The van der Waals surface area contributed by atoms with Gasteiger partial charge in [-0.3, -0.25) is 0 Å². The topological polar surface area (TPSA) is 101 Å². The van der Waals surface area contributed by atoms with Crippen molar-refractivity contribution in [2.75, 3.05) is 0 Å². The summed E-state index contributed by atoms with van der Waals surface area (Å²) in [6, 6.07) is 13.0. The predicted molar refractivity (Wildman–Crippen MR) is 155 cm³/mol. The fourth-order valence-corrected chi connectivity index (χ4v) is 11.9. The fraction of sp³-hybridized carbons (Fsp3) is 0.515. The summed E-state index contributed by atoms with van der Waals surface area (Å²) in [5, 5.41) is 2.12. The van der Waals surface area contributed by atoms with Gasteiger partial charge in [-0.25, -0.2) is 8.42 Å². The van der Waals surface area contributed by atoms with E-state index in [2.05, 4.69) is 18.2 Å². The molecule has 4 bridgehead atoms. The van der Waals surface area contributed by atoms with Crippen LogP contribution in [0.3, 0.4) is 0 Å². The van der Waals surface area contributed by atoms with Crippen molar-refractivity contribution >= 4 is 31.0 Å². The Hall–Kier alpha value is -2.42. The third-order valence-corrected chi connectivity index (χ3v) is 13.5. The highest BCUT2D eigenvalue weighted by atomic mass is 32.2. The third-order valence-electron chi connectivity index (χ3n) is 11.2. The first kappa shape index (κ1) is 26.2. The number of hydrogen-bond acceptors (Lipinski definition) is 6. The average molecular weight is 592 g/mol. The van der Waals surface area contributed by atoms with Crippen molar-refractivity contribution in [3.63, 3.8) is 0 Å². The molecular formula is C33H35O6S2-. The molecule has 41 heavy (non-hydrogen) atoms. The van der Waals surface area contributed by atoms with Crippen LogP contribution in [-0.2, 0) is 33.1 Å². The molecule has 0 N–H and O–H groups in total. The summed E-state index contributed by atoms with van der Waals surface area (Å²) < 4.78 is 71.3. The van der Waals surface area contributed by atoms with E-state index in [0.717, 1.165) is 54.0 Å². The summed E-state index contributed by atoms with van der Waals surface area (Å²) in [4.78, 5) is 0.115. The van der Waals surface area contributed by atoms with Gasteiger partial charge in [0.1, 0.15) is 20.8 Å². The molecule has 6 unspecified atom stereocenters. The van der Waals surface area contributed by atoms with E-state index in [-0.39, 0.29) is 22.5 Å². The summed E-state index contributed by atoms with van der Waals surface area (Å²) in [7, 11) is -8.94. The quantitative estimate of drug-likeness (QED) is 0.231. The molecule has 0 spiro atoms. The van der Waals surface area contributed by atoms with Crippen LogP contribution in [0.4, 0.5) is 0 Å². The Bertz CT molecular complexity index is 1790. The van der Waals surface area contributed by atoms with Gasteiger partial charge in [0.15, 0.2) is 0 Å². The second-order valence-electron chi connectivity index (χ2n) is 13.4. The van der Waals surface area contributed by atoms with Gasteiger partial charge in [-0.1, -0.05) is 37.1 Å². The zero-order valence-electron chi connectivity index (χ0n) is 23.0. The van der Waals surface area contributed by atoms with Crippen LogP contribution in [0.25, 0.3) is 10.8 Å². The summed E-state index contributed by atoms with van der Waals surface area (Å²) in [5.74, 6) is 2.83. The van der Waals surface area contributed by atoms with Gasteiger partial charge in [0.2, 0.25) is 0 Å². The number of fused-ring (bicyclic) bond motifs is 6. The SMILES string of the molecule is O=S(=O)([O-])c1ccc(OS(=O)(=O)c2c(C3CC4CCC3C4)cc3ccccc3c2C2CC3CCC2C3)c2c1CCC2. The highest BCUT2D eigenvalue weighted by molar-refractivity contribution is 7.87. The molecule has 3 aromatic carbocycles. The van der Waals surface area contributed by atoms with Crippen LogP contribution in [0.2, 0.25) is 0 Å². The standard InChI is InChI=1S/C33H36O6S2/c34-40(35,36)31-13-12-30(25-6-3-7-26(25)31)39-41(37,38)33-29(27-16-19-8-10-22(27)14-19)18-21-4-1-2-5-24(21)32(33)28-17-20-9-11-23(28)15-20/h1-2,4-5,12-13,18-20,22-23,27-28H,3,6-11,14-17H2,(H,34,35,36)/p-1. The monoisotopic (exact) mass is 591 g/mol. The van der Waals surface area contributed by atoms with Crippen LogP contribution in [0.1, 0.15) is 91.9 Å². The van der Waals surface area contributed by atoms with E-state index in [4.69, 9.17) is 4.18 Å². The van der Waals surface area contributed by atoms with E-state index in [1.165, 1.54) is 31.4 Å². The number of hydrogen-bond donors (Lipinski definition) is 0. The van der Waals surface area contributed by atoms with Crippen molar-refractivity contribution in [1.82, 2.24) is 0 Å². The second kappa shape index (κ2) is 9.29. The Morgan fingerprint density at radius 3 is 2.10 bits per heavy atom. The van der Waals surface area contributed by atoms with Gasteiger partial charge in [0.25, 0.3) is 0 Å². The van der Waals surface area contributed by atoms with E-state index in [0.29, 0.717) is 59.0 Å². The molecule has 6 atom stereocenters. The first-order valence-electron chi connectivity index (χ1n) is 15.3. The molecule has 5 aliphatic rings. The lowest BCUT2D eigenvalue weighted by Crippen LogP contribution is -2.22. The minimum atomic E-state index is -4.67. The maximum absolute atomic E-state index is 14.7. The first-order valence-corrected chi connectivity index (χ1v) is 18.1. The minimum Gasteiger partial charge on any atom is -0.744 e. The normalized spacial score (nSPS) is 30.4. The van der Waals surface area contributed by atoms with Crippen molar-refractivity contribution in [2.24, 2.45) is 23.7 Å². The molecular weight excluding hydrogens is 556 g/mol. The largest absolute Gasteiger partial charge is 0.744 e. The Labute approximate surface area is 242 Å². The van der Waals surface area contributed by atoms with Crippen molar-refractivity contribution in [3.8, 4) is 5.75 Å². The minimum absolute atomic E-state index is 0.163. The zero-order valence-corrected chi connectivity index (χ0v) is 24.7. The van der Waals surface area contributed by atoms with Crippen LogP contribution in [0.5, 0.6) is 5.75 Å². The first-order chi connectivity index (χ1) is 19.7. The molecule has 8 heteroatoms. The van der Waals surface area contributed by atoms with Crippen molar-refractivity contribution in [2.45, 2.75) is 92.3 Å². The zero-order chi connectivity index (χ0) is 28.1. The van der Waals surface area contributed by atoms with Crippen LogP contribution < -0.4 is 4.18 Å². The fourth-order valence-electron chi connectivity index (χ4n) is 9.64. The summed E-state index contributed by atoms with van der Waals surface area (Å²) in [6.45, 7) is 0. The highest BCUT2D eigenvalue weighted by Crippen LogP contribution is 2.59. The smallest absolute Gasteiger partial charge is 0.339 e. The molecule has 4 fully saturated rings. The van der Waals surface area contributed by atoms with E-state index >= 15 is 0 Å². The molecule has 0 heterocycles. The Balaban J connectivity index is 1.33. The third kappa shape index (κ3) is 4.19. The molecule has 0 aromatic heterocycles. The molecule has 216 valence electrons. The summed E-state index contributed by atoms with van der Waals surface area (Å²) in [6.07, 6.45) is 10.7. The van der Waals surface area contributed by atoms with Crippen LogP contribution in [0, 0.1) is 23.7 Å². The average Bonchev–Trinajstić information content (AvgIpc) is 3.78. The van der Waals surface area contributed by atoms with Gasteiger partial charge in [-0.05, 0) is 139 Å². The Morgan fingerprint density at radius 1 is 0.756 bits per heavy atom. The molecule has 6 nitrogen and oxygen atoms in total. The van der Waals surface area contributed by atoms with E-state index in [1.54, 1.807) is 0 Å². The maximum Gasteiger partial charge on any atom is 0.339 e. The van der Waals surface area contributed by atoms with Crippen LogP contribution in [-0.4, -0.2) is 21.4 Å². The lowest BCUT2D eigenvalue weighted by Gasteiger charge is -2.31. The van der Waals surface area contributed by atoms with Crippen LogP contribution in [0.15, 0.2) is 52.3 Å². The second-order valence-corrected chi connectivity index (χ2v) is 16.2. The number of benzene rings is 3. The highest BCUT2D eigenvalue weighted by Gasteiger charge is 2.47. The summed E-state index contributed by atoms with van der Waals surface area (Å²) >= 11 is 0. The van der Waals surface area contributed by atoms with Gasteiger partial charge < -0.3 is 8.74 Å². The van der Waals surface area contributed by atoms with Gasteiger partial charge in [0, 0.05) is 5.56 Å². The Morgan fingerprint density at radius 2 is 1.44 bits per heavy atom. The van der Waals surface area contributed by atoms with Gasteiger partial charge >= 0.3 is 10.1 Å². The maximum atomic E-state index is 14.7. The van der Waals surface area contributed by atoms with Crippen molar-refractivity contribution in [3.05, 3.63) is 64.7 Å². The molecule has 3 aromatic rings. The molecule has 0 radical (unpaired) electrons. The van der Waals surface area contributed by atoms with E-state index in [1.807, 2.05) is 12.1 Å². The molecule has 0 aliphatic heterocycles. The Kier molecular flexibility index (Phi) is 5.94. The van der Waals surface area contributed by atoms with Crippen molar-refractivity contribution < 1.29 is 25.6 Å². The molecule has 8 rings (SSSR count). The molecule has 0 amide bonds. The van der Waals surface area contributed by atoms with Gasteiger partial charge in [0.05, 0.1) is 4.90 Å². The van der Waals surface area contributed by atoms with E-state index in [9.17, 15) is 21.4 Å². The lowest BCUT2D eigenvalue weighted by molar-refractivity contribution is 0.400. The van der Waals surface area contributed by atoms with Gasteiger partial charge in [-0.15, -0.1) is 0 Å². The molecule has 5 aliphatic carbocycles. The summed E-state index contributed by atoms with van der Waals surface area (Å²) in [5.41, 5.74) is 2.81. The molecule has 4 saturated carbocycles. The lowest BCUT2D eigenvalue weighted by atomic mass is 9.77. The van der Waals surface area contributed by atoms with E-state index < -0.39 is 20.2 Å². The van der Waals surface area contributed by atoms with Crippen LogP contribution >= 0.6 is 0 Å². The predicted octanol–water partition coefficient (Wildman–Crippen LogP) is 6.81. The van der Waals surface area contributed by atoms with Gasteiger partial charge in [-0.2, -0.15) is 8.42 Å². The number of rotatable bonds is 6. The van der Waals surface area contributed by atoms with Crippen molar-refractivity contribution in [1.29, 1.82) is 0 Å².